The summed E-state index contributed by atoms with van der Waals surface area (Å²) in [5.74, 6) is 0.436. The fourth-order valence-electron chi connectivity index (χ4n) is 1.92. The highest BCUT2D eigenvalue weighted by Crippen LogP contribution is 2.23. The van der Waals surface area contributed by atoms with Crippen molar-refractivity contribution in [1.29, 1.82) is 0 Å². The third-order valence-electron chi connectivity index (χ3n) is 3.09. The van der Waals surface area contributed by atoms with E-state index in [2.05, 4.69) is 18.8 Å². The van der Waals surface area contributed by atoms with E-state index in [9.17, 15) is 4.79 Å². The van der Waals surface area contributed by atoms with E-state index in [1.165, 1.54) is 6.20 Å². The second kappa shape index (κ2) is 7.75. The summed E-state index contributed by atoms with van der Waals surface area (Å²) >= 11 is 11.8. The molecule has 2 nitrogen and oxygen atoms in total. The molecule has 1 heterocycles. The molecule has 0 spiro atoms. The fraction of sp³-hybridized carbons (Fsp3) is 0.571. The third kappa shape index (κ3) is 4.58. The van der Waals surface area contributed by atoms with Crippen LogP contribution in [0.4, 0.5) is 0 Å². The first kappa shape index (κ1) is 15.5. The van der Waals surface area contributed by atoms with Crippen LogP contribution in [0.5, 0.6) is 0 Å². The van der Waals surface area contributed by atoms with Gasteiger partial charge in [0.15, 0.2) is 5.78 Å². The maximum Gasteiger partial charge on any atom is 0.182 e. The van der Waals surface area contributed by atoms with Gasteiger partial charge in [0.1, 0.15) is 5.69 Å². The van der Waals surface area contributed by atoms with Crippen molar-refractivity contribution in [2.45, 2.75) is 46.0 Å². The van der Waals surface area contributed by atoms with Crippen LogP contribution in [0.2, 0.25) is 10.0 Å². The molecule has 100 valence electrons. The van der Waals surface area contributed by atoms with Crippen molar-refractivity contribution >= 4 is 29.0 Å². The lowest BCUT2D eigenvalue weighted by Crippen LogP contribution is -2.10. The second-order valence-electron chi connectivity index (χ2n) is 4.53. The predicted octanol–water partition coefficient (Wildman–Crippen LogP) is 5.18. The maximum atomic E-state index is 12.1. The normalized spacial score (nSPS) is 12.4. The van der Waals surface area contributed by atoms with E-state index in [0.29, 0.717) is 28.1 Å². The molecule has 0 saturated heterocycles. The SMILES string of the molecule is CCCCC(CC)CC(=O)c1ncc(Cl)cc1Cl. The average Bonchev–Trinajstić information content (AvgIpc) is 2.34. The molecule has 1 atom stereocenters. The van der Waals surface area contributed by atoms with E-state index in [4.69, 9.17) is 23.2 Å². The van der Waals surface area contributed by atoms with Gasteiger partial charge in [-0.15, -0.1) is 0 Å². The average molecular weight is 288 g/mol. The lowest BCUT2D eigenvalue weighted by atomic mass is 9.93. The molecular weight excluding hydrogens is 269 g/mol. The Morgan fingerprint density at radius 1 is 1.39 bits per heavy atom. The van der Waals surface area contributed by atoms with Gasteiger partial charge in [0.25, 0.3) is 0 Å². The van der Waals surface area contributed by atoms with Crippen LogP contribution in [0.1, 0.15) is 56.4 Å². The van der Waals surface area contributed by atoms with Crippen LogP contribution < -0.4 is 0 Å². The first-order valence-electron chi connectivity index (χ1n) is 6.42. The number of pyridine rings is 1. The minimum atomic E-state index is 0.0135. The van der Waals surface area contributed by atoms with Crippen molar-refractivity contribution in [3.05, 3.63) is 28.0 Å². The summed E-state index contributed by atoms with van der Waals surface area (Å²) in [6.07, 6.45) is 6.40. The van der Waals surface area contributed by atoms with Gasteiger partial charge in [-0.3, -0.25) is 9.78 Å². The summed E-state index contributed by atoms with van der Waals surface area (Å²) in [4.78, 5) is 16.2. The van der Waals surface area contributed by atoms with Gasteiger partial charge in [-0.1, -0.05) is 62.7 Å². The number of aromatic nitrogens is 1. The Bertz CT molecular complexity index is 407. The van der Waals surface area contributed by atoms with Crippen LogP contribution in [0.15, 0.2) is 12.3 Å². The summed E-state index contributed by atoms with van der Waals surface area (Å²) < 4.78 is 0. The molecule has 0 aliphatic heterocycles. The number of carbonyl (C=O) groups excluding carboxylic acids is 1. The fourth-order valence-corrected chi connectivity index (χ4v) is 2.41. The molecule has 1 rings (SSSR count). The van der Waals surface area contributed by atoms with Crippen molar-refractivity contribution in [3.63, 3.8) is 0 Å². The van der Waals surface area contributed by atoms with Gasteiger partial charge in [-0.2, -0.15) is 0 Å². The number of ketones is 1. The summed E-state index contributed by atoms with van der Waals surface area (Å²) in [6.45, 7) is 4.27. The van der Waals surface area contributed by atoms with Gasteiger partial charge in [0, 0.05) is 12.6 Å². The smallest absolute Gasteiger partial charge is 0.182 e. The van der Waals surface area contributed by atoms with Crippen molar-refractivity contribution in [2.24, 2.45) is 5.92 Å². The molecule has 18 heavy (non-hydrogen) atoms. The Labute approximate surface area is 119 Å². The summed E-state index contributed by atoms with van der Waals surface area (Å²) in [5.41, 5.74) is 0.344. The molecule has 0 amide bonds. The number of rotatable bonds is 7. The zero-order valence-electron chi connectivity index (χ0n) is 10.9. The Kier molecular flexibility index (Phi) is 6.66. The monoisotopic (exact) mass is 287 g/mol. The standard InChI is InChI=1S/C14H19Cl2NO/c1-3-5-6-10(4-2)7-13(18)14-12(16)8-11(15)9-17-14/h8-10H,3-7H2,1-2H3. The van der Waals surface area contributed by atoms with Crippen LogP contribution in [0.25, 0.3) is 0 Å². The van der Waals surface area contributed by atoms with Crippen LogP contribution in [-0.2, 0) is 0 Å². The topological polar surface area (TPSA) is 30.0 Å². The molecule has 0 N–H and O–H groups in total. The number of halogens is 2. The van der Waals surface area contributed by atoms with E-state index in [0.717, 1.165) is 25.7 Å². The van der Waals surface area contributed by atoms with E-state index in [1.807, 2.05) is 0 Å². The number of unbranched alkanes of at least 4 members (excludes halogenated alkanes) is 1. The van der Waals surface area contributed by atoms with E-state index in [-0.39, 0.29) is 5.78 Å². The molecule has 1 unspecified atom stereocenters. The first-order chi connectivity index (χ1) is 8.58. The largest absolute Gasteiger partial charge is 0.292 e. The highest BCUT2D eigenvalue weighted by atomic mass is 35.5. The van der Waals surface area contributed by atoms with E-state index < -0.39 is 0 Å². The lowest BCUT2D eigenvalue weighted by molar-refractivity contribution is 0.0952. The number of hydrogen-bond acceptors (Lipinski definition) is 2. The lowest BCUT2D eigenvalue weighted by Gasteiger charge is -2.13. The van der Waals surface area contributed by atoms with Gasteiger partial charge in [-0.25, -0.2) is 0 Å². The number of hydrogen-bond donors (Lipinski definition) is 0. The minimum Gasteiger partial charge on any atom is -0.292 e. The molecule has 0 bridgehead atoms. The van der Waals surface area contributed by atoms with E-state index >= 15 is 0 Å². The van der Waals surface area contributed by atoms with Crippen molar-refractivity contribution in [3.8, 4) is 0 Å². The number of nitrogens with zero attached hydrogens (tertiary/aromatic N) is 1. The third-order valence-corrected chi connectivity index (χ3v) is 3.58. The van der Waals surface area contributed by atoms with Crippen LogP contribution in [0, 0.1) is 5.92 Å². The molecule has 0 aliphatic carbocycles. The Morgan fingerprint density at radius 2 is 2.11 bits per heavy atom. The zero-order valence-corrected chi connectivity index (χ0v) is 12.4. The highest BCUT2D eigenvalue weighted by molar-refractivity contribution is 6.36. The van der Waals surface area contributed by atoms with Gasteiger partial charge in [0.05, 0.1) is 10.0 Å². The minimum absolute atomic E-state index is 0.0135. The summed E-state index contributed by atoms with van der Waals surface area (Å²) in [5, 5.41) is 0.799. The Balaban J connectivity index is 2.68. The quantitative estimate of drug-likeness (QED) is 0.647. The van der Waals surface area contributed by atoms with Crippen LogP contribution in [-0.4, -0.2) is 10.8 Å². The molecule has 0 aliphatic rings. The highest BCUT2D eigenvalue weighted by Gasteiger charge is 2.17. The number of Topliss-reactive ketones (excluding diaryl/α,β-unsaturated/α-hetero) is 1. The zero-order chi connectivity index (χ0) is 13.5. The van der Waals surface area contributed by atoms with Crippen molar-refractivity contribution < 1.29 is 4.79 Å². The van der Waals surface area contributed by atoms with Gasteiger partial charge < -0.3 is 0 Å². The van der Waals surface area contributed by atoms with Crippen LogP contribution >= 0.6 is 23.2 Å². The number of carbonyl (C=O) groups is 1. The van der Waals surface area contributed by atoms with Crippen molar-refractivity contribution in [2.75, 3.05) is 0 Å². The molecule has 1 aromatic heterocycles. The molecule has 0 fully saturated rings. The summed E-state index contributed by atoms with van der Waals surface area (Å²) in [7, 11) is 0. The molecular formula is C14H19Cl2NO. The van der Waals surface area contributed by atoms with Gasteiger partial charge in [-0.05, 0) is 12.0 Å². The second-order valence-corrected chi connectivity index (χ2v) is 5.37. The van der Waals surface area contributed by atoms with Gasteiger partial charge in [0.2, 0.25) is 0 Å². The molecule has 4 heteroatoms. The Hall–Kier alpha value is -0.600. The molecule has 0 saturated carbocycles. The van der Waals surface area contributed by atoms with E-state index in [1.54, 1.807) is 6.07 Å². The maximum absolute atomic E-state index is 12.1. The molecule has 0 aromatic carbocycles. The van der Waals surface area contributed by atoms with Crippen molar-refractivity contribution in [1.82, 2.24) is 4.98 Å². The Morgan fingerprint density at radius 3 is 2.67 bits per heavy atom. The van der Waals surface area contributed by atoms with Gasteiger partial charge >= 0.3 is 0 Å². The molecule has 1 aromatic rings. The van der Waals surface area contributed by atoms with Crippen LogP contribution in [0.3, 0.4) is 0 Å². The first-order valence-corrected chi connectivity index (χ1v) is 7.18. The molecule has 0 radical (unpaired) electrons. The summed E-state index contributed by atoms with van der Waals surface area (Å²) in [6, 6.07) is 1.57. The predicted molar refractivity (Wildman–Crippen MR) is 76.5 cm³/mol.